The van der Waals surface area contributed by atoms with Gasteiger partial charge in [0, 0.05) is 6.54 Å². The van der Waals surface area contributed by atoms with E-state index < -0.39 is 0 Å². The van der Waals surface area contributed by atoms with Gasteiger partial charge in [0.05, 0.1) is 25.7 Å². The summed E-state index contributed by atoms with van der Waals surface area (Å²) in [5.41, 5.74) is 1.34. The van der Waals surface area contributed by atoms with Crippen molar-refractivity contribution >= 4 is 5.97 Å². The van der Waals surface area contributed by atoms with Gasteiger partial charge >= 0.3 is 5.97 Å². The van der Waals surface area contributed by atoms with Crippen molar-refractivity contribution in [3.63, 3.8) is 0 Å². The van der Waals surface area contributed by atoms with Crippen LogP contribution in [0.1, 0.15) is 44.6 Å². The number of hydrogen-bond acceptors (Lipinski definition) is 4. The Morgan fingerprint density at radius 2 is 1.92 bits per heavy atom. The van der Waals surface area contributed by atoms with E-state index in [0.717, 1.165) is 32.4 Å². The molecule has 0 saturated heterocycles. The molecule has 24 heavy (non-hydrogen) atoms. The first-order valence-electron chi connectivity index (χ1n) is 9.29. The normalized spacial score (nSPS) is 20.7. The molecule has 4 heteroatoms. The zero-order valence-electron chi connectivity index (χ0n) is 14.8. The van der Waals surface area contributed by atoms with Gasteiger partial charge < -0.3 is 14.8 Å². The van der Waals surface area contributed by atoms with Gasteiger partial charge in [0.1, 0.15) is 0 Å². The van der Waals surface area contributed by atoms with E-state index in [1.54, 1.807) is 0 Å². The summed E-state index contributed by atoms with van der Waals surface area (Å²) in [6, 6.07) is 10.5. The Bertz CT molecular complexity index is 455. The SMILES string of the molecule is CCOC(=O)CCNC[C@H]1CC[C@H](OCCc2ccccc2)CC1. The quantitative estimate of drug-likeness (QED) is 0.527. The van der Waals surface area contributed by atoms with Gasteiger partial charge in [-0.1, -0.05) is 30.3 Å². The van der Waals surface area contributed by atoms with Crippen LogP contribution < -0.4 is 5.32 Å². The lowest BCUT2D eigenvalue weighted by atomic mass is 9.87. The lowest BCUT2D eigenvalue weighted by Crippen LogP contribution is -2.30. The molecule has 0 atom stereocenters. The predicted molar refractivity (Wildman–Crippen MR) is 96.0 cm³/mol. The van der Waals surface area contributed by atoms with Crippen LogP contribution in [0.2, 0.25) is 0 Å². The number of carbonyl (C=O) groups is 1. The van der Waals surface area contributed by atoms with Gasteiger partial charge in [-0.15, -0.1) is 0 Å². The van der Waals surface area contributed by atoms with Gasteiger partial charge in [0.25, 0.3) is 0 Å². The molecule has 2 rings (SSSR count). The number of carbonyl (C=O) groups excluding carboxylic acids is 1. The number of hydrogen-bond donors (Lipinski definition) is 1. The van der Waals surface area contributed by atoms with E-state index in [1.165, 1.54) is 18.4 Å². The first kappa shape index (κ1) is 18.9. The summed E-state index contributed by atoms with van der Waals surface area (Å²) >= 11 is 0. The summed E-state index contributed by atoms with van der Waals surface area (Å²) < 4.78 is 11.0. The van der Waals surface area contributed by atoms with Crippen molar-refractivity contribution in [1.82, 2.24) is 5.32 Å². The van der Waals surface area contributed by atoms with Gasteiger partial charge in [-0.25, -0.2) is 0 Å². The van der Waals surface area contributed by atoms with E-state index in [9.17, 15) is 4.79 Å². The van der Waals surface area contributed by atoms with E-state index in [4.69, 9.17) is 9.47 Å². The first-order valence-corrected chi connectivity index (χ1v) is 9.29. The Morgan fingerprint density at radius 3 is 2.62 bits per heavy atom. The van der Waals surface area contributed by atoms with Crippen LogP contribution in [0.15, 0.2) is 30.3 Å². The number of nitrogens with one attached hydrogen (secondary N) is 1. The lowest BCUT2D eigenvalue weighted by Gasteiger charge is -2.28. The number of benzene rings is 1. The molecule has 0 heterocycles. The topological polar surface area (TPSA) is 47.6 Å². The molecular formula is C20H31NO3. The van der Waals surface area contributed by atoms with Crippen LogP contribution in [-0.4, -0.2) is 38.4 Å². The molecule has 0 unspecified atom stereocenters. The summed E-state index contributed by atoms with van der Waals surface area (Å²) in [5, 5.41) is 3.38. The van der Waals surface area contributed by atoms with E-state index >= 15 is 0 Å². The molecular weight excluding hydrogens is 302 g/mol. The van der Waals surface area contributed by atoms with E-state index in [0.29, 0.717) is 31.6 Å². The Hall–Kier alpha value is -1.39. The molecule has 4 nitrogen and oxygen atoms in total. The van der Waals surface area contributed by atoms with Crippen molar-refractivity contribution in [3.8, 4) is 0 Å². The molecule has 1 aliphatic carbocycles. The third kappa shape index (κ3) is 7.45. The van der Waals surface area contributed by atoms with Crippen LogP contribution in [0.5, 0.6) is 0 Å². The fourth-order valence-electron chi connectivity index (χ4n) is 3.22. The minimum atomic E-state index is -0.111. The molecule has 134 valence electrons. The van der Waals surface area contributed by atoms with Crippen LogP contribution in [0, 0.1) is 5.92 Å². The van der Waals surface area contributed by atoms with Crippen molar-refractivity contribution in [2.45, 2.75) is 51.6 Å². The Labute approximate surface area is 145 Å². The maximum atomic E-state index is 11.3. The molecule has 0 amide bonds. The standard InChI is InChI=1S/C20H31NO3/c1-2-23-20(22)12-14-21-16-18-8-10-19(11-9-18)24-15-13-17-6-4-3-5-7-17/h3-7,18-19,21H,2,8-16H2,1H3/t18-,19-. The maximum Gasteiger partial charge on any atom is 0.307 e. The van der Waals surface area contributed by atoms with Gasteiger partial charge in [-0.3, -0.25) is 4.79 Å². The van der Waals surface area contributed by atoms with Crippen molar-refractivity contribution in [3.05, 3.63) is 35.9 Å². The largest absolute Gasteiger partial charge is 0.466 e. The monoisotopic (exact) mass is 333 g/mol. The molecule has 1 aliphatic rings. The van der Waals surface area contributed by atoms with Crippen molar-refractivity contribution in [2.24, 2.45) is 5.92 Å². The molecule has 0 spiro atoms. The highest BCUT2D eigenvalue weighted by molar-refractivity contribution is 5.69. The van der Waals surface area contributed by atoms with Crippen LogP contribution >= 0.6 is 0 Å². The fourth-order valence-corrected chi connectivity index (χ4v) is 3.22. The minimum absolute atomic E-state index is 0.111. The van der Waals surface area contributed by atoms with Gasteiger partial charge in [-0.2, -0.15) is 0 Å². The average Bonchev–Trinajstić information content (AvgIpc) is 2.61. The smallest absolute Gasteiger partial charge is 0.307 e. The summed E-state index contributed by atoms with van der Waals surface area (Å²) in [5.74, 6) is 0.599. The molecule has 0 aromatic heterocycles. The zero-order chi connectivity index (χ0) is 17.0. The van der Waals surface area contributed by atoms with Crippen molar-refractivity contribution in [1.29, 1.82) is 0 Å². The van der Waals surface area contributed by atoms with Crippen molar-refractivity contribution in [2.75, 3.05) is 26.3 Å². The molecule has 0 aliphatic heterocycles. The highest BCUT2D eigenvalue weighted by atomic mass is 16.5. The van der Waals surface area contributed by atoms with Gasteiger partial charge in [0.2, 0.25) is 0 Å². The zero-order valence-corrected chi connectivity index (χ0v) is 14.8. The van der Waals surface area contributed by atoms with Crippen molar-refractivity contribution < 1.29 is 14.3 Å². The number of ether oxygens (including phenoxy) is 2. The van der Waals surface area contributed by atoms with Crippen LogP contribution in [0.25, 0.3) is 0 Å². The molecule has 1 fully saturated rings. The second-order valence-electron chi connectivity index (χ2n) is 6.51. The first-order chi connectivity index (χ1) is 11.8. The highest BCUT2D eigenvalue weighted by Gasteiger charge is 2.21. The Morgan fingerprint density at radius 1 is 1.17 bits per heavy atom. The van der Waals surface area contributed by atoms with E-state index in [-0.39, 0.29) is 5.97 Å². The summed E-state index contributed by atoms with van der Waals surface area (Å²) in [4.78, 5) is 11.3. The fraction of sp³-hybridized carbons (Fsp3) is 0.650. The number of rotatable bonds is 10. The second kappa shape index (κ2) is 11.2. The molecule has 0 bridgehead atoms. The predicted octanol–water partition coefficient (Wildman–Crippen LogP) is 3.35. The number of esters is 1. The maximum absolute atomic E-state index is 11.3. The molecule has 0 radical (unpaired) electrons. The summed E-state index contributed by atoms with van der Waals surface area (Å²) in [6.07, 6.45) is 6.61. The van der Waals surface area contributed by atoms with Crippen LogP contribution in [0.3, 0.4) is 0 Å². The Balaban J connectivity index is 1.49. The third-order valence-electron chi connectivity index (χ3n) is 4.63. The van der Waals surface area contributed by atoms with E-state index in [1.807, 2.05) is 13.0 Å². The van der Waals surface area contributed by atoms with Gasteiger partial charge in [-0.05, 0) is 57.1 Å². The van der Waals surface area contributed by atoms with Crippen LogP contribution in [-0.2, 0) is 20.7 Å². The third-order valence-corrected chi connectivity index (χ3v) is 4.63. The summed E-state index contributed by atoms with van der Waals surface area (Å²) in [7, 11) is 0. The molecule has 1 aromatic carbocycles. The molecule has 1 N–H and O–H groups in total. The van der Waals surface area contributed by atoms with E-state index in [2.05, 4.69) is 29.6 Å². The molecule has 1 saturated carbocycles. The Kier molecular flexibility index (Phi) is 8.85. The lowest BCUT2D eigenvalue weighted by molar-refractivity contribution is -0.142. The highest BCUT2D eigenvalue weighted by Crippen LogP contribution is 2.25. The second-order valence-corrected chi connectivity index (χ2v) is 6.51. The van der Waals surface area contributed by atoms with Gasteiger partial charge in [0.15, 0.2) is 0 Å². The minimum Gasteiger partial charge on any atom is -0.466 e. The molecule has 1 aromatic rings. The average molecular weight is 333 g/mol. The summed E-state index contributed by atoms with van der Waals surface area (Å²) in [6.45, 7) is 4.83. The van der Waals surface area contributed by atoms with Crippen LogP contribution in [0.4, 0.5) is 0 Å².